The minimum atomic E-state index is -0.379. The molecule has 2 aromatic rings. The van der Waals surface area contributed by atoms with Gasteiger partial charge in [-0.1, -0.05) is 27.7 Å². The van der Waals surface area contributed by atoms with Crippen LogP contribution in [0.4, 0.5) is 0 Å². The van der Waals surface area contributed by atoms with Crippen LogP contribution in [-0.4, -0.2) is 32.7 Å². The summed E-state index contributed by atoms with van der Waals surface area (Å²) in [5, 5.41) is 6.82. The van der Waals surface area contributed by atoms with Crippen LogP contribution in [0.2, 0.25) is 0 Å². The molecular weight excluding hydrogens is 346 g/mol. The number of nitrogens with zero attached hydrogens (tertiary/aromatic N) is 2. The molecule has 0 saturated carbocycles. The minimum Gasteiger partial charge on any atom is -0.272 e. The molecular formula is C11H10BrN5O2S. The average molecular weight is 356 g/mol. The molecule has 104 valence electrons. The second-order valence-electron chi connectivity index (χ2n) is 3.59. The van der Waals surface area contributed by atoms with Crippen molar-refractivity contribution in [3.8, 4) is 0 Å². The third kappa shape index (κ3) is 4.35. The maximum absolute atomic E-state index is 11.7. The molecule has 3 N–H and O–H groups in total. The summed E-state index contributed by atoms with van der Waals surface area (Å²) in [7, 11) is 0. The largest absolute Gasteiger partial charge is 0.272 e. The molecule has 0 aliphatic rings. The smallest absolute Gasteiger partial charge is 0.269 e. The summed E-state index contributed by atoms with van der Waals surface area (Å²) >= 11 is 4.46. The lowest BCUT2D eigenvalue weighted by atomic mass is 10.2. The molecule has 2 rings (SSSR count). The van der Waals surface area contributed by atoms with Crippen LogP contribution in [0.15, 0.2) is 40.2 Å². The van der Waals surface area contributed by atoms with E-state index in [1.54, 1.807) is 24.3 Å². The van der Waals surface area contributed by atoms with Crippen LogP contribution in [-0.2, 0) is 4.79 Å². The number of aromatic amines is 1. The molecule has 7 nitrogen and oxygen atoms in total. The fourth-order valence-electron chi connectivity index (χ4n) is 1.23. The van der Waals surface area contributed by atoms with Gasteiger partial charge in [-0.15, -0.1) is 0 Å². The highest BCUT2D eigenvalue weighted by atomic mass is 79.9. The van der Waals surface area contributed by atoms with Crippen molar-refractivity contribution in [2.24, 2.45) is 0 Å². The summed E-state index contributed by atoms with van der Waals surface area (Å²) in [6, 6.07) is 6.79. The van der Waals surface area contributed by atoms with Crippen molar-refractivity contribution in [1.29, 1.82) is 0 Å². The highest BCUT2D eigenvalue weighted by Gasteiger charge is 2.08. The summed E-state index contributed by atoms with van der Waals surface area (Å²) in [5.74, 6) is -0.595. The maximum Gasteiger partial charge on any atom is 0.269 e. The first-order valence-electron chi connectivity index (χ1n) is 5.48. The number of thioether (sulfide) groups is 1. The summed E-state index contributed by atoms with van der Waals surface area (Å²) in [4.78, 5) is 27.1. The molecule has 9 heteroatoms. The zero-order valence-electron chi connectivity index (χ0n) is 10.1. The van der Waals surface area contributed by atoms with Crippen LogP contribution in [0.5, 0.6) is 0 Å². The normalized spacial score (nSPS) is 10.1. The zero-order valence-corrected chi connectivity index (χ0v) is 12.5. The number of H-pyrrole nitrogens is 1. The van der Waals surface area contributed by atoms with Gasteiger partial charge in [0.05, 0.1) is 5.75 Å². The van der Waals surface area contributed by atoms with Crippen molar-refractivity contribution >= 4 is 39.5 Å². The van der Waals surface area contributed by atoms with E-state index in [0.717, 1.165) is 4.47 Å². The van der Waals surface area contributed by atoms with Crippen molar-refractivity contribution in [2.45, 2.75) is 5.16 Å². The van der Waals surface area contributed by atoms with Crippen LogP contribution >= 0.6 is 27.7 Å². The second-order valence-corrected chi connectivity index (χ2v) is 5.47. The van der Waals surface area contributed by atoms with E-state index in [4.69, 9.17) is 0 Å². The summed E-state index contributed by atoms with van der Waals surface area (Å²) < 4.78 is 0.876. The van der Waals surface area contributed by atoms with Crippen LogP contribution in [0.25, 0.3) is 0 Å². The van der Waals surface area contributed by atoms with Crippen molar-refractivity contribution in [1.82, 2.24) is 26.0 Å². The Balaban J connectivity index is 1.75. The second kappa shape index (κ2) is 7.06. The molecule has 0 atom stereocenters. The fourth-order valence-corrected chi connectivity index (χ4v) is 2.08. The Labute approximate surface area is 127 Å². The van der Waals surface area contributed by atoms with E-state index in [1.165, 1.54) is 18.1 Å². The van der Waals surface area contributed by atoms with E-state index >= 15 is 0 Å². The molecule has 0 spiro atoms. The molecule has 0 aliphatic carbocycles. The number of nitrogens with one attached hydrogen (secondary N) is 3. The van der Waals surface area contributed by atoms with Crippen molar-refractivity contribution in [3.05, 3.63) is 40.6 Å². The lowest BCUT2D eigenvalue weighted by molar-refractivity contribution is -0.119. The number of benzene rings is 1. The lowest BCUT2D eigenvalue weighted by Crippen LogP contribution is -2.42. The molecule has 0 fully saturated rings. The van der Waals surface area contributed by atoms with E-state index < -0.39 is 0 Å². The summed E-state index contributed by atoms with van der Waals surface area (Å²) in [6.45, 7) is 0. The van der Waals surface area contributed by atoms with Gasteiger partial charge in [0.2, 0.25) is 5.91 Å². The molecule has 0 radical (unpaired) electrons. The van der Waals surface area contributed by atoms with E-state index in [-0.39, 0.29) is 17.6 Å². The van der Waals surface area contributed by atoms with Gasteiger partial charge in [0.1, 0.15) is 6.33 Å². The van der Waals surface area contributed by atoms with Crippen molar-refractivity contribution < 1.29 is 9.59 Å². The first-order chi connectivity index (χ1) is 9.65. The molecule has 2 amide bonds. The number of halogens is 1. The number of carbonyl (C=O) groups is 2. The van der Waals surface area contributed by atoms with Gasteiger partial charge in [0.15, 0.2) is 5.16 Å². The van der Waals surface area contributed by atoms with Gasteiger partial charge in [-0.05, 0) is 24.3 Å². The van der Waals surface area contributed by atoms with Crippen LogP contribution in [0.1, 0.15) is 10.4 Å². The Kier molecular flexibility index (Phi) is 5.13. The minimum absolute atomic E-state index is 0.121. The highest BCUT2D eigenvalue weighted by Crippen LogP contribution is 2.10. The summed E-state index contributed by atoms with van der Waals surface area (Å²) in [6.07, 6.45) is 1.36. The number of hydrazine groups is 1. The van der Waals surface area contributed by atoms with Crippen molar-refractivity contribution in [3.63, 3.8) is 0 Å². The van der Waals surface area contributed by atoms with Crippen LogP contribution in [0.3, 0.4) is 0 Å². The van der Waals surface area contributed by atoms with Gasteiger partial charge in [-0.3, -0.25) is 25.5 Å². The Morgan fingerprint density at radius 2 is 2.00 bits per heavy atom. The van der Waals surface area contributed by atoms with Crippen molar-refractivity contribution in [2.75, 3.05) is 5.75 Å². The molecule has 0 saturated heterocycles. The van der Waals surface area contributed by atoms with E-state index in [1.807, 2.05) is 0 Å². The van der Waals surface area contributed by atoms with Gasteiger partial charge in [-0.2, -0.15) is 5.10 Å². The number of hydrogen-bond donors (Lipinski definition) is 3. The van der Waals surface area contributed by atoms with Gasteiger partial charge in [0, 0.05) is 10.0 Å². The molecule has 1 heterocycles. The van der Waals surface area contributed by atoms with E-state index in [0.29, 0.717) is 10.7 Å². The van der Waals surface area contributed by atoms with Crippen LogP contribution in [0, 0.1) is 0 Å². The highest BCUT2D eigenvalue weighted by molar-refractivity contribution is 9.10. The van der Waals surface area contributed by atoms with E-state index in [9.17, 15) is 9.59 Å². The molecule has 0 unspecified atom stereocenters. The monoisotopic (exact) mass is 355 g/mol. The van der Waals surface area contributed by atoms with Crippen LogP contribution < -0.4 is 10.9 Å². The van der Waals surface area contributed by atoms with Gasteiger partial charge in [-0.25, -0.2) is 4.98 Å². The standard InChI is InChI=1S/C11H10BrN5O2S/c12-8-3-1-7(2-4-8)10(19)16-15-9(18)5-20-11-13-6-14-17-11/h1-4,6H,5H2,(H,15,18)(H,16,19)(H,13,14,17). The maximum atomic E-state index is 11.7. The average Bonchev–Trinajstić information content (AvgIpc) is 2.96. The fraction of sp³-hybridized carbons (Fsp3) is 0.0909. The third-order valence-corrected chi connectivity index (χ3v) is 3.56. The first-order valence-corrected chi connectivity index (χ1v) is 7.26. The quantitative estimate of drug-likeness (QED) is 0.563. The van der Waals surface area contributed by atoms with Gasteiger partial charge >= 0.3 is 0 Å². The lowest BCUT2D eigenvalue weighted by Gasteiger charge is -2.06. The topological polar surface area (TPSA) is 99.8 Å². The molecule has 1 aromatic heterocycles. The summed E-state index contributed by atoms with van der Waals surface area (Å²) in [5.41, 5.74) is 5.11. The predicted molar refractivity (Wildman–Crippen MR) is 76.9 cm³/mol. The first kappa shape index (κ1) is 14.5. The third-order valence-electron chi connectivity index (χ3n) is 2.15. The van der Waals surface area contributed by atoms with Gasteiger partial charge < -0.3 is 0 Å². The zero-order chi connectivity index (χ0) is 14.4. The SMILES string of the molecule is O=C(CSc1ncn[nH]1)NNC(=O)c1ccc(Br)cc1. The number of rotatable bonds is 4. The molecule has 20 heavy (non-hydrogen) atoms. The molecule has 1 aromatic carbocycles. The number of aromatic nitrogens is 3. The Morgan fingerprint density at radius 1 is 1.25 bits per heavy atom. The number of hydrogen-bond acceptors (Lipinski definition) is 5. The Morgan fingerprint density at radius 3 is 2.65 bits per heavy atom. The Hall–Kier alpha value is -1.87. The molecule has 0 bridgehead atoms. The van der Waals surface area contributed by atoms with E-state index in [2.05, 4.69) is 42.0 Å². The number of amides is 2. The predicted octanol–water partition coefficient (Wildman–Crippen LogP) is 1.12. The molecule has 0 aliphatic heterocycles. The number of carbonyl (C=O) groups excluding carboxylic acids is 2. The Bertz CT molecular complexity index is 587. The van der Waals surface area contributed by atoms with Gasteiger partial charge in [0.25, 0.3) is 5.91 Å².